The van der Waals surface area contributed by atoms with Crippen LogP contribution in [-0.2, 0) is 6.54 Å². The SMILES string of the molecule is Cc1ccc2nc(C(C)Cl)n(CC3CSCCS3)c2c1. The molecule has 108 valence electrons. The number of imidazole rings is 1. The maximum atomic E-state index is 6.34. The second-order valence-corrected chi connectivity index (χ2v) is 8.47. The second-order valence-electron chi connectivity index (χ2n) is 5.26. The summed E-state index contributed by atoms with van der Waals surface area (Å²) in [5, 5.41) is 0.616. The first-order chi connectivity index (χ1) is 9.65. The summed E-state index contributed by atoms with van der Waals surface area (Å²) in [5.74, 6) is 4.77. The molecule has 1 aliphatic rings. The van der Waals surface area contributed by atoms with E-state index in [1.54, 1.807) is 0 Å². The summed E-state index contributed by atoms with van der Waals surface area (Å²) in [7, 11) is 0. The zero-order valence-corrected chi connectivity index (χ0v) is 14.2. The quantitative estimate of drug-likeness (QED) is 0.774. The van der Waals surface area contributed by atoms with Crippen LogP contribution < -0.4 is 0 Å². The van der Waals surface area contributed by atoms with E-state index in [1.165, 1.54) is 28.3 Å². The van der Waals surface area contributed by atoms with Crippen molar-refractivity contribution >= 4 is 46.2 Å². The van der Waals surface area contributed by atoms with E-state index in [0.29, 0.717) is 5.25 Å². The first kappa shape index (κ1) is 14.6. The molecule has 2 nitrogen and oxygen atoms in total. The van der Waals surface area contributed by atoms with Crippen molar-refractivity contribution in [1.29, 1.82) is 0 Å². The number of thioether (sulfide) groups is 2. The number of aromatic nitrogens is 2. The van der Waals surface area contributed by atoms with Gasteiger partial charge in [0.25, 0.3) is 0 Å². The highest BCUT2D eigenvalue weighted by Crippen LogP contribution is 2.30. The lowest BCUT2D eigenvalue weighted by molar-refractivity contribution is 0.667. The van der Waals surface area contributed by atoms with Crippen LogP contribution in [-0.4, -0.2) is 32.1 Å². The summed E-state index contributed by atoms with van der Waals surface area (Å²) >= 11 is 10.5. The van der Waals surface area contributed by atoms with Gasteiger partial charge >= 0.3 is 0 Å². The molecule has 0 amide bonds. The first-order valence-corrected chi connectivity index (χ1v) is 9.59. The first-order valence-electron chi connectivity index (χ1n) is 6.95. The van der Waals surface area contributed by atoms with Crippen molar-refractivity contribution < 1.29 is 0 Å². The van der Waals surface area contributed by atoms with Crippen LogP contribution in [0.15, 0.2) is 18.2 Å². The molecule has 0 saturated carbocycles. The van der Waals surface area contributed by atoms with Crippen molar-refractivity contribution in [2.45, 2.75) is 31.0 Å². The van der Waals surface area contributed by atoms with Crippen molar-refractivity contribution in [3.8, 4) is 0 Å². The Hall–Kier alpha value is -0.320. The van der Waals surface area contributed by atoms with Crippen molar-refractivity contribution in [1.82, 2.24) is 9.55 Å². The Bertz CT molecular complexity index is 603. The summed E-state index contributed by atoms with van der Waals surface area (Å²) < 4.78 is 2.34. The topological polar surface area (TPSA) is 17.8 Å². The van der Waals surface area contributed by atoms with Crippen LogP contribution >= 0.6 is 35.1 Å². The third-order valence-electron chi connectivity index (χ3n) is 3.56. The Morgan fingerprint density at radius 1 is 1.45 bits per heavy atom. The lowest BCUT2D eigenvalue weighted by Gasteiger charge is -2.23. The summed E-state index contributed by atoms with van der Waals surface area (Å²) in [6.07, 6.45) is 0. The van der Waals surface area contributed by atoms with Gasteiger partial charge in [0.2, 0.25) is 0 Å². The minimum absolute atomic E-state index is 0.0519. The predicted molar refractivity (Wildman–Crippen MR) is 92.3 cm³/mol. The monoisotopic (exact) mass is 326 g/mol. The fourth-order valence-electron chi connectivity index (χ4n) is 2.59. The molecule has 1 saturated heterocycles. The third-order valence-corrected chi connectivity index (χ3v) is 6.58. The van der Waals surface area contributed by atoms with E-state index < -0.39 is 0 Å². The molecule has 0 bridgehead atoms. The molecule has 2 unspecified atom stereocenters. The molecule has 2 atom stereocenters. The molecule has 2 aromatic rings. The van der Waals surface area contributed by atoms with Gasteiger partial charge in [-0.15, -0.1) is 11.6 Å². The molecule has 1 aliphatic heterocycles. The van der Waals surface area contributed by atoms with Gasteiger partial charge in [-0.3, -0.25) is 0 Å². The number of hydrogen-bond donors (Lipinski definition) is 0. The molecule has 0 aliphatic carbocycles. The molecule has 5 heteroatoms. The largest absolute Gasteiger partial charge is 0.326 e. The Labute approximate surface area is 133 Å². The molecule has 2 heterocycles. The fraction of sp³-hybridized carbons (Fsp3) is 0.533. The van der Waals surface area contributed by atoms with Gasteiger partial charge < -0.3 is 4.57 Å². The molecule has 1 fully saturated rings. The predicted octanol–water partition coefficient (Wildman–Crippen LogP) is 4.49. The van der Waals surface area contributed by atoms with Crippen LogP contribution in [0.3, 0.4) is 0 Å². The average Bonchev–Trinajstić information content (AvgIpc) is 2.78. The Morgan fingerprint density at radius 2 is 2.30 bits per heavy atom. The van der Waals surface area contributed by atoms with Gasteiger partial charge in [-0.1, -0.05) is 6.07 Å². The lowest BCUT2D eigenvalue weighted by Crippen LogP contribution is -2.21. The van der Waals surface area contributed by atoms with Crippen LogP contribution in [0.1, 0.15) is 23.7 Å². The smallest absolute Gasteiger partial charge is 0.127 e. The summed E-state index contributed by atoms with van der Waals surface area (Å²) in [4.78, 5) is 4.73. The molecule has 1 aromatic carbocycles. The number of benzene rings is 1. The number of hydrogen-bond acceptors (Lipinski definition) is 3. The highest BCUT2D eigenvalue weighted by molar-refractivity contribution is 8.06. The molecule has 0 spiro atoms. The van der Waals surface area contributed by atoms with Gasteiger partial charge in [0.05, 0.1) is 16.4 Å². The van der Waals surface area contributed by atoms with Crippen LogP contribution in [0.2, 0.25) is 0 Å². The molecule has 3 rings (SSSR count). The summed E-state index contributed by atoms with van der Waals surface area (Å²) in [6.45, 7) is 5.16. The van der Waals surface area contributed by atoms with Gasteiger partial charge in [-0.25, -0.2) is 4.98 Å². The number of alkyl halides is 1. The van der Waals surface area contributed by atoms with Gasteiger partial charge in [0.1, 0.15) is 5.82 Å². The number of rotatable bonds is 3. The molecule has 0 N–H and O–H groups in total. The Balaban J connectivity index is 2.01. The minimum Gasteiger partial charge on any atom is -0.326 e. The summed E-state index contributed by atoms with van der Waals surface area (Å²) in [6, 6.07) is 6.45. The van der Waals surface area contributed by atoms with Crippen LogP contribution in [0.4, 0.5) is 0 Å². The van der Waals surface area contributed by atoms with E-state index in [-0.39, 0.29) is 5.38 Å². The van der Waals surface area contributed by atoms with Crippen LogP contribution in [0.5, 0.6) is 0 Å². The highest BCUT2D eigenvalue weighted by Gasteiger charge is 2.20. The van der Waals surface area contributed by atoms with Gasteiger partial charge in [0, 0.05) is 29.1 Å². The van der Waals surface area contributed by atoms with E-state index in [1.807, 2.05) is 6.92 Å². The van der Waals surface area contributed by atoms with Crippen LogP contribution in [0.25, 0.3) is 11.0 Å². The third kappa shape index (κ3) is 2.97. The van der Waals surface area contributed by atoms with E-state index in [9.17, 15) is 0 Å². The zero-order valence-electron chi connectivity index (χ0n) is 11.8. The van der Waals surface area contributed by atoms with Gasteiger partial charge in [-0.2, -0.15) is 23.5 Å². The number of fused-ring (bicyclic) bond motifs is 1. The van der Waals surface area contributed by atoms with Crippen molar-refractivity contribution in [3.63, 3.8) is 0 Å². The van der Waals surface area contributed by atoms with Gasteiger partial charge in [-0.05, 0) is 31.5 Å². The number of nitrogens with zero attached hydrogens (tertiary/aromatic N) is 2. The normalized spacial score (nSPS) is 21.2. The second kappa shape index (κ2) is 6.20. The molecular weight excluding hydrogens is 308 g/mol. The Morgan fingerprint density at radius 3 is 3.00 bits per heavy atom. The molecule has 1 aromatic heterocycles. The number of halogens is 1. The van der Waals surface area contributed by atoms with E-state index in [0.717, 1.165) is 17.9 Å². The van der Waals surface area contributed by atoms with Crippen molar-refractivity contribution in [2.75, 3.05) is 17.3 Å². The maximum absolute atomic E-state index is 6.34. The molecule has 0 radical (unpaired) electrons. The van der Waals surface area contributed by atoms with Gasteiger partial charge in [0.15, 0.2) is 0 Å². The van der Waals surface area contributed by atoms with Crippen molar-refractivity contribution in [3.05, 3.63) is 29.6 Å². The zero-order chi connectivity index (χ0) is 14.1. The van der Waals surface area contributed by atoms with E-state index in [2.05, 4.69) is 53.2 Å². The molecular formula is C15H19ClN2S2. The van der Waals surface area contributed by atoms with Crippen molar-refractivity contribution in [2.24, 2.45) is 0 Å². The highest BCUT2D eigenvalue weighted by atomic mass is 35.5. The van der Waals surface area contributed by atoms with E-state index in [4.69, 9.17) is 16.6 Å². The van der Waals surface area contributed by atoms with E-state index >= 15 is 0 Å². The fourth-order valence-corrected chi connectivity index (χ4v) is 5.41. The summed E-state index contributed by atoms with van der Waals surface area (Å²) in [5.41, 5.74) is 3.56. The Kier molecular flexibility index (Phi) is 4.53. The maximum Gasteiger partial charge on any atom is 0.127 e. The number of aryl methyl sites for hydroxylation is 1. The lowest BCUT2D eigenvalue weighted by atomic mass is 10.2. The standard InChI is InChI=1S/C15H19ClN2S2/c1-10-3-4-13-14(7-10)18(15(17-13)11(2)16)8-12-9-19-5-6-20-12/h3-4,7,11-12H,5-6,8-9H2,1-2H3. The molecule has 20 heavy (non-hydrogen) atoms. The average molecular weight is 327 g/mol. The van der Waals surface area contributed by atoms with Crippen LogP contribution in [0, 0.1) is 6.92 Å². The minimum atomic E-state index is -0.0519.